The highest BCUT2D eigenvalue weighted by atomic mass is 32.1. The van der Waals surface area contributed by atoms with Crippen molar-refractivity contribution < 1.29 is 9.59 Å². The average molecular weight is 428 g/mol. The third-order valence-corrected chi connectivity index (χ3v) is 5.68. The van der Waals surface area contributed by atoms with Gasteiger partial charge in [-0.1, -0.05) is 48.5 Å². The zero-order chi connectivity index (χ0) is 21.8. The summed E-state index contributed by atoms with van der Waals surface area (Å²) in [6.45, 7) is 3.81. The molecule has 2 N–H and O–H groups in total. The Morgan fingerprint density at radius 1 is 0.774 bits per heavy atom. The highest BCUT2D eigenvalue weighted by Gasteiger charge is 2.13. The van der Waals surface area contributed by atoms with Crippen LogP contribution in [0.4, 0.5) is 10.8 Å². The number of carbonyl (C=O) groups is 2. The average Bonchev–Trinajstić information content (AvgIpc) is 3.23. The molecule has 6 heteroatoms. The molecule has 5 nitrogen and oxygen atoms in total. The summed E-state index contributed by atoms with van der Waals surface area (Å²) in [5.41, 5.74) is 5.37. The first-order valence-electron chi connectivity index (χ1n) is 9.81. The number of amides is 2. The van der Waals surface area contributed by atoms with Gasteiger partial charge in [-0.2, -0.15) is 0 Å². The molecule has 0 atom stereocenters. The first-order chi connectivity index (χ1) is 15.0. The minimum atomic E-state index is -0.182. The molecule has 3 aromatic carbocycles. The molecular formula is C25H21N3O2S. The lowest BCUT2D eigenvalue weighted by Gasteiger charge is -2.08. The number of benzene rings is 3. The summed E-state index contributed by atoms with van der Waals surface area (Å²) in [6.07, 6.45) is 0. The summed E-state index contributed by atoms with van der Waals surface area (Å²) in [6, 6.07) is 22.4. The van der Waals surface area contributed by atoms with Crippen LogP contribution >= 0.6 is 11.3 Å². The largest absolute Gasteiger partial charge is 0.322 e. The van der Waals surface area contributed by atoms with Crippen LogP contribution in [0.5, 0.6) is 0 Å². The van der Waals surface area contributed by atoms with Crippen LogP contribution in [0.15, 0.2) is 78.2 Å². The summed E-state index contributed by atoms with van der Waals surface area (Å²) >= 11 is 1.36. The summed E-state index contributed by atoms with van der Waals surface area (Å²) in [7, 11) is 0. The predicted molar refractivity (Wildman–Crippen MR) is 126 cm³/mol. The van der Waals surface area contributed by atoms with E-state index in [1.165, 1.54) is 11.3 Å². The fourth-order valence-electron chi connectivity index (χ4n) is 3.24. The lowest BCUT2D eigenvalue weighted by Crippen LogP contribution is -2.13. The van der Waals surface area contributed by atoms with Gasteiger partial charge in [0.1, 0.15) is 0 Å². The second-order valence-corrected chi connectivity index (χ2v) is 8.01. The number of aromatic nitrogens is 1. The molecule has 1 aromatic heterocycles. The van der Waals surface area contributed by atoms with Crippen LogP contribution in [-0.4, -0.2) is 16.8 Å². The highest BCUT2D eigenvalue weighted by Crippen LogP contribution is 2.27. The number of hydrogen-bond acceptors (Lipinski definition) is 4. The number of carbonyl (C=O) groups excluding carboxylic acids is 2. The number of hydrogen-bond donors (Lipinski definition) is 2. The maximum Gasteiger partial charge on any atom is 0.257 e. The minimum absolute atomic E-state index is 0.153. The van der Waals surface area contributed by atoms with Crippen molar-refractivity contribution in [3.05, 3.63) is 100 Å². The van der Waals surface area contributed by atoms with E-state index in [9.17, 15) is 9.59 Å². The molecule has 0 bridgehead atoms. The van der Waals surface area contributed by atoms with E-state index in [2.05, 4.69) is 15.6 Å². The first-order valence-corrected chi connectivity index (χ1v) is 10.7. The molecule has 4 rings (SSSR count). The van der Waals surface area contributed by atoms with Crippen molar-refractivity contribution in [2.75, 3.05) is 10.6 Å². The third-order valence-electron chi connectivity index (χ3n) is 4.92. The van der Waals surface area contributed by atoms with Crippen LogP contribution in [0.1, 0.15) is 31.8 Å². The number of rotatable bonds is 5. The fourth-order valence-corrected chi connectivity index (χ4v) is 3.95. The summed E-state index contributed by atoms with van der Waals surface area (Å²) in [5, 5.41) is 8.22. The van der Waals surface area contributed by atoms with Gasteiger partial charge in [0.2, 0.25) is 0 Å². The Kier molecular flexibility index (Phi) is 5.91. The van der Waals surface area contributed by atoms with Gasteiger partial charge in [-0.3, -0.25) is 14.9 Å². The van der Waals surface area contributed by atoms with Crippen LogP contribution in [0.25, 0.3) is 11.3 Å². The Balaban J connectivity index is 1.49. The monoisotopic (exact) mass is 427 g/mol. The molecule has 0 saturated carbocycles. The molecule has 154 valence electrons. The second-order valence-electron chi connectivity index (χ2n) is 7.16. The third kappa shape index (κ3) is 4.70. The van der Waals surface area contributed by atoms with Crippen LogP contribution in [0.2, 0.25) is 0 Å². The molecule has 0 spiro atoms. The van der Waals surface area contributed by atoms with Gasteiger partial charge < -0.3 is 5.32 Å². The van der Waals surface area contributed by atoms with Gasteiger partial charge in [-0.15, -0.1) is 11.3 Å². The number of thiazole rings is 1. The lowest BCUT2D eigenvalue weighted by molar-refractivity contribution is 0.101. The molecule has 0 fully saturated rings. The number of nitrogens with zero attached hydrogens (tertiary/aromatic N) is 1. The molecule has 0 radical (unpaired) electrons. The van der Waals surface area contributed by atoms with Gasteiger partial charge in [-0.05, 0) is 49.2 Å². The Morgan fingerprint density at radius 2 is 1.39 bits per heavy atom. The number of nitrogens with one attached hydrogen (secondary N) is 2. The fraction of sp³-hybridized carbons (Fsp3) is 0.0800. The quantitative estimate of drug-likeness (QED) is 0.415. The van der Waals surface area contributed by atoms with E-state index in [0.717, 1.165) is 22.4 Å². The minimum Gasteiger partial charge on any atom is -0.322 e. The van der Waals surface area contributed by atoms with E-state index in [-0.39, 0.29) is 11.8 Å². The Bertz CT molecular complexity index is 1260. The zero-order valence-corrected chi connectivity index (χ0v) is 18.0. The maximum absolute atomic E-state index is 12.6. The summed E-state index contributed by atoms with van der Waals surface area (Å²) in [5.74, 6) is -0.335. The molecule has 31 heavy (non-hydrogen) atoms. The van der Waals surface area contributed by atoms with Gasteiger partial charge in [0.25, 0.3) is 11.8 Å². The van der Waals surface area contributed by atoms with Crippen molar-refractivity contribution in [3.63, 3.8) is 0 Å². The van der Waals surface area contributed by atoms with Gasteiger partial charge >= 0.3 is 0 Å². The molecule has 0 aliphatic heterocycles. The first kappa shape index (κ1) is 20.5. The van der Waals surface area contributed by atoms with E-state index in [4.69, 9.17) is 0 Å². The smallest absolute Gasteiger partial charge is 0.257 e. The van der Waals surface area contributed by atoms with Gasteiger partial charge in [-0.25, -0.2) is 4.98 Å². The van der Waals surface area contributed by atoms with E-state index >= 15 is 0 Å². The molecule has 4 aromatic rings. The lowest BCUT2D eigenvalue weighted by atomic mass is 10.1. The molecule has 0 saturated heterocycles. The van der Waals surface area contributed by atoms with E-state index in [1.54, 1.807) is 12.1 Å². The SMILES string of the molecule is Cc1ccccc1C(=O)Nc1cccc(-c2csc(NC(=O)c3ccccc3C)n2)c1. The zero-order valence-electron chi connectivity index (χ0n) is 17.2. The number of aryl methyl sites for hydroxylation is 2. The molecule has 0 aliphatic rings. The normalized spacial score (nSPS) is 10.5. The van der Waals surface area contributed by atoms with Crippen molar-refractivity contribution in [2.24, 2.45) is 0 Å². The molecule has 2 amide bonds. The predicted octanol–water partition coefficient (Wildman–Crippen LogP) is 5.93. The van der Waals surface area contributed by atoms with Crippen molar-refractivity contribution in [3.8, 4) is 11.3 Å². The van der Waals surface area contributed by atoms with Crippen molar-refractivity contribution in [1.29, 1.82) is 0 Å². The van der Waals surface area contributed by atoms with E-state index in [1.807, 2.05) is 79.9 Å². The Labute approximate surface area is 184 Å². The van der Waals surface area contributed by atoms with E-state index < -0.39 is 0 Å². The van der Waals surface area contributed by atoms with E-state index in [0.29, 0.717) is 21.9 Å². The Hall–Kier alpha value is -3.77. The van der Waals surface area contributed by atoms with Crippen LogP contribution < -0.4 is 10.6 Å². The van der Waals surface area contributed by atoms with Crippen molar-refractivity contribution in [2.45, 2.75) is 13.8 Å². The topological polar surface area (TPSA) is 71.1 Å². The van der Waals surface area contributed by atoms with Crippen LogP contribution in [0.3, 0.4) is 0 Å². The van der Waals surface area contributed by atoms with Crippen LogP contribution in [-0.2, 0) is 0 Å². The molecular weight excluding hydrogens is 406 g/mol. The van der Waals surface area contributed by atoms with Gasteiger partial charge in [0.05, 0.1) is 5.69 Å². The summed E-state index contributed by atoms with van der Waals surface area (Å²) < 4.78 is 0. The molecule has 0 aliphatic carbocycles. The van der Waals surface area contributed by atoms with Gasteiger partial charge in [0.15, 0.2) is 5.13 Å². The van der Waals surface area contributed by atoms with Gasteiger partial charge in [0, 0.05) is 27.8 Å². The molecule has 0 unspecified atom stereocenters. The summed E-state index contributed by atoms with van der Waals surface area (Å²) in [4.78, 5) is 29.7. The van der Waals surface area contributed by atoms with Crippen molar-refractivity contribution in [1.82, 2.24) is 4.98 Å². The molecule has 1 heterocycles. The highest BCUT2D eigenvalue weighted by molar-refractivity contribution is 7.14. The second kappa shape index (κ2) is 8.93. The van der Waals surface area contributed by atoms with Crippen molar-refractivity contribution >= 4 is 34.0 Å². The Morgan fingerprint density at radius 3 is 2.03 bits per heavy atom. The number of anilines is 2. The standard InChI is InChI=1S/C25H21N3O2S/c1-16-8-3-5-12-20(16)23(29)26-19-11-7-10-18(14-19)22-15-31-25(27-22)28-24(30)21-13-6-4-9-17(21)2/h3-15H,1-2H3,(H,26,29)(H,27,28,30). The van der Waals surface area contributed by atoms with Crippen LogP contribution in [0, 0.1) is 13.8 Å². The maximum atomic E-state index is 12.6.